The van der Waals surface area contributed by atoms with Crippen LogP contribution in [0.25, 0.3) is 0 Å². The SMILES string of the molecule is CCOCCCNCc1ccccc1C(N)=NO. The fourth-order valence-corrected chi connectivity index (χ4v) is 1.64. The van der Waals surface area contributed by atoms with E-state index in [0.717, 1.165) is 37.3 Å². The zero-order valence-corrected chi connectivity index (χ0v) is 10.7. The molecule has 4 N–H and O–H groups in total. The van der Waals surface area contributed by atoms with Crippen molar-refractivity contribution in [2.24, 2.45) is 10.9 Å². The molecule has 0 saturated carbocycles. The smallest absolute Gasteiger partial charge is 0.170 e. The Morgan fingerprint density at radius 3 is 2.94 bits per heavy atom. The van der Waals surface area contributed by atoms with Gasteiger partial charge in [0.05, 0.1) is 0 Å². The maximum absolute atomic E-state index is 8.71. The van der Waals surface area contributed by atoms with Gasteiger partial charge in [0.15, 0.2) is 5.84 Å². The lowest BCUT2D eigenvalue weighted by atomic mass is 10.1. The number of hydrogen-bond donors (Lipinski definition) is 3. The summed E-state index contributed by atoms with van der Waals surface area (Å²) in [6.07, 6.45) is 0.972. The van der Waals surface area contributed by atoms with E-state index in [9.17, 15) is 0 Å². The van der Waals surface area contributed by atoms with Crippen molar-refractivity contribution in [2.75, 3.05) is 19.8 Å². The van der Waals surface area contributed by atoms with E-state index in [-0.39, 0.29) is 5.84 Å². The van der Waals surface area contributed by atoms with E-state index < -0.39 is 0 Å². The van der Waals surface area contributed by atoms with Crippen LogP contribution < -0.4 is 11.1 Å². The average molecular weight is 251 g/mol. The predicted octanol–water partition coefficient (Wildman–Crippen LogP) is 1.30. The van der Waals surface area contributed by atoms with Gasteiger partial charge in [-0.2, -0.15) is 0 Å². The van der Waals surface area contributed by atoms with E-state index in [1.807, 2.05) is 31.2 Å². The zero-order chi connectivity index (χ0) is 13.2. The van der Waals surface area contributed by atoms with Crippen LogP contribution >= 0.6 is 0 Å². The molecule has 100 valence electrons. The molecule has 0 unspecified atom stereocenters. The largest absolute Gasteiger partial charge is 0.409 e. The van der Waals surface area contributed by atoms with Crippen LogP contribution in [0.4, 0.5) is 0 Å². The number of nitrogens with zero attached hydrogens (tertiary/aromatic N) is 1. The Hall–Kier alpha value is -1.59. The first-order valence-electron chi connectivity index (χ1n) is 6.13. The summed E-state index contributed by atoms with van der Waals surface area (Å²) < 4.78 is 5.25. The van der Waals surface area contributed by atoms with Crippen molar-refractivity contribution < 1.29 is 9.94 Å². The Morgan fingerprint density at radius 1 is 1.44 bits per heavy atom. The van der Waals surface area contributed by atoms with Gasteiger partial charge in [0, 0.05) is 25.3 Å². The lowest BCUT2D eigenvalue weighted by Gasteiger charge is -2.09. The molecular weight excluding hydrogens is 230 g/mol. The van der Waals surface area contributed by atoms with Gasteiger partial charge in [-0.15, -0.1) is 0 Å². The fourth-order valence-electron chi connectivity index (χ4n) is 1.64. The molecule has 0 aliphatic heterocycles. The molecule has 0 atom stereocenters. The molecule has 1 rings (SSSR count). The molecule has 0 saturated heterocycles. The number of amidine groups is 1. The molecule has 0 spiro atoms. The maximum Gasteiger partial charge on any atom is 0.170 e. The summed E-state index contributed by atoms with van der Waals surface area (Å²) in [4.78, 5) is 0. The van der Waals surface area contributed by atoms with Crippen molar-refractivity contribution in [1.82, 2.24) is 5.32 Å². The Balaban J connectivity index is 2.42. The molecule has 5 heteroatoms. The summed E-state index contributed by atoms with van der Waals surface area (Å²) in [7, 11) is 0. The number of oxime groups is 1. The lowest BCUT2D eigenvalue weighted by Crippen LogP contribution is -2.21. The van der Waals surface area contributed by atoms with Gasteiger partial charge in [-0.25, -0.2) is 0 Å². The normalized spacial score (nSPS) is 11.7. The summed E-state index contributed by atoms with van der Waals surface area (Å²) in [6.45, 7) is 5.08. The first kappa shape index (κ1) is 14.5. The summed E-state index contributed by atoms with van der Waals surface area (Å²) >= 11 is 0. The number of nitrogens with one attached hydrogen (secondary N) is 1. The number of ether oxygens (including phenoxy) is 1. The number of nitrogens with two attached hydrogens (primary N) is 1. The second-order valence-corrected chi connectivity index (χ2v) is 3.87. The topological polar surface area (TPSA) is 79.9 Å². The molecule has 0 heterocycles. The number of hydrogen-bond acceptors (Lipinski definition) is 4. The van der Waals surface area contributed by atoms with Gasteiger partial charge in [-0.3, -0.25) is 0 Å². The standard InChI is InChI=1S/C13H21N3O2/c1-2-18-9-5-8-15-10-11-6-3-4-7-12(11)13(14)16-17/h3-4,6-7,15,17H,2,5,8-10H2,1H3,(H2,14,16). The molecule has 0 aliphatic rings. The summed E-state index contributed by atoms with van der Waals surface area (Å²) in [5.74, 6) is 0.140. The molecule has 0 fully saturated rings. The van der Waals surface area contributed by atoms with Gasteiger partial charge in [0.2, 0.25) is 0 Å². The van der Waals surface area contributed by atoms with Crippen LogP contribution in [-0.4, -0.2) is 30.8 Å². The van der Waals surface area contributed by atoms with E-state index in [1.54, 1.807) is 0 Å². The van der Waals surface area contributed by atoms with Crippen LogP contribution in [0, 0.1) is 0 Å². The summed E-state index contributed by atoms with van der Waals surface area (Å²) in [5, 5.41) is 15.0. The lowest BCUT2D eigenvalue weighted by molar-refractivity contribution is 0.144. The van der Waals surface area contributed by atoms with Crippen molar-refractivity contribution >= 4 is 5.84 Å². The van der Waals surface area contributed by atoms with Crippen molar-refractivity contribution in [3.63, 3.8) is 0 Å². The van der Waals surface area contributed by atoms with Crippen LogP contribution in [0.15, 0.2) is 29.4 Å². The monoisotopic (exact) mass is 251 g/mol. The van der Waals surface area contributed by atoms with Crippen molar-refractivity contribution in [1.29, 1.82) is 0 Å². The molecule has 0 amide bonds. The highest BCUT2D eigenvalue weighted by molar-refractivity contribution is 5.98. The first-order chi connectivity index (χ1) is 8.79. The minimum Gasteiger partial charge on any atom is -0.409 e. The van der Waals surface area contributed by atoms with E-state index in [4.69, 9.17) is 15.7 Å². The van der Waals surface area contributed by atoms with E-state index in [0.29, 0.717) is 6.54 Å². The zero-order valence-electron chi connectivity index (χ0n) is 10.7. The molecule has 0 radical (unpaired) electrons. The Kier molecular flexibility index (Phi) is 6.83. The van der Waals surface area contributed by atoms with Gasteiger partial charge in [0.1, 0.15) is 0 Å². The molecular formula is C13H21N3O2. The Bertz CT molecular complexity index is 380. The minimum atomic E-state index is 0.140. The summed E-state index contributed by atoms with van der Waals surface area (Å²) in [6, 6.07) is 7.60. The van der Waals surface area contributed by atoms with E-state index >= 15 is 0 Å². The highest BCUT2D eigenvalue weighted by Crippen LogP contribution is 2.08. The van der Waals surface area contributed by atoms with Gasteiger partial charge in [-0.05, 0) is 25.5 Å². The highest BCUT2D eigenvalue weighted by Gasteiger charge is 2.05. The number of benzene rings is 1. The quantitative estimate of drug-likeness (QED) is 0.214. The molecule has 0 aromatic heterocycles. The second-order valence-electron chi connectivity index (χ2n) is 3.87. The van der Waals surface area contributed by atoms with Crippen LogP contribution in [0.1, 0.15) is 24.5 Å². The maximum atomic E-state index is 8.71. The highest BCUT2D eigenvalue weighted by atomic mass is 16.5. The van der Waals surface area contributed by atoms with Gasteiger partial charge < -0.3 is 21.0 Å². The Morgan fingerprint density at radius 2 is 2.22 bits per heavy atom. The van der Waals surface area contributed by atoms with Gasteiger partial charge in [-0.1, -0.05) is 29.4 Å². The molecule has 0 bridgehead atoms. The van der Waals surface area contributed by atoms with E-state index in [2.05, 4.69) is 10.5 Å². The molecule has 18 heavy (non-hydrogen) atoms. The van der Waals surface area contributed by atoms with Crippen molar-refractivity contribution in [2.45, 2.75) is 19.9 Å². The van der Waals surface area contributed by atoms with Crippen LogP contribution in [0.3, 0.4) is 0 Å². The third-order valence-electron chi connectivity index (χ3n) is 2.56. The third kappa shape index (κ3) is 4.73. The molecule has 5 nitrogen and oxygen atoms in total. The van der Waals surface area contributed by atoms with Crippen LogP contribution in [0.5, 0.6) is 0 Å². The predicted molar refractivity (Wildman–Crippen MR) is 71.8 cm³/mol. The minimum absolute atomic E-state index is 0.140. The Labute approximate surface area is 108 Å². The van der Waals surface area contributed by atoms with Crippen LogP contribution in [-0.2, 0) is 11.3 Å². The summed E-state index contributed by atoms with van der Waals surface area (Å²) in [5.41, 5.74) is 7.40. The van der Waals surface area contributed by atoms with Gasteiger partial charge >= 0.3 is 0 Å². The molecule has 1 aromatic rings. The average Bonchev–Trinajstić information content (AvgIpc) is 2.42. The fraction of sp³-hybridized carbons (Fsp3) is 0.462. The molecule has 1 aromatic carbocycles. The van der Waals surface area contributed by atoms with E-state index in [1.165, 1.54) is 0 Å². The van der Waals surface area contributed by atoms with Crippen LogP contribution in [0.2, 0.25) is 0 Å². The number of rotatable bonds is 8. The van der Waals surface area contributed by atoms with Crippen molar-refractivity contribution in [3.05, 3.63) is 35.4 Å². The van der Waals surface area contributed by atoms with Gasteiger partial charge in [0.25, 0.3) is 0 Å². The second kappa shape index (κ2) is 8.49. The molecule has 0 aliphatic carbocycles. The third-order valence-corrected chi connectivity index (χ3v) is 2.56. The first-order valence-corrected chi connectivity index (χ1v) is 6.13. The van der Waals surface area contributed by atoms with Crippen molar-refractivity contribution in [3.8, 4) is 0 Å².